The normalized spacial score (nSPS) is 15.9. The van der Waals surface area contributed by atoms with Gasteiger partial charge >= 0.3 is 0 Å². The van der Waals surface area contributed by atoms with Crippen LogP contribution in [0.2, 0.25) is 0 Å². The second kappa shape index (κ2) is 7.01. The summed E-state index contributed by atoms with van der Waals surface area (Å²) in [5, 5.41) is 12.2. The summed E-state index contributed by atoms with van der Waals surface area (Å²) in [5.41, 5.74) is 8.49. The van der Waals surface area contributed by atoms with E-state index in [2.05, 4.69) is 16.3 Å². The van der Waals surface area contributed by atoms with Crippen molar-refractivity contribution in [2.75, 3.05) is 37.2 Å². The van der Waals surface area contributed by atoms with E-state index in [0.717, 1.165) is 24.3 Å². The van der Waals surface area contributed by atoms with Gasteiger partial charge in [0.15, 0.2) is 0 Å². The molecule has 0 saturated carbocycles. The van der Waals surface area contributed by atoms with Crippen LogP contribution >= 0.6 is 0 Å². The van der Waals surface area contributed by atoms with E-state index in [4.69, 9.17) is 11.0 Å². The molecule has 2 rings (SSSR count). The number of likely N-dealkylation sites (tertiary alicyclic amines) is 1. The first-order chi connectivity index (χ1) is 9.29. The summed E-state index contributed by atoms with van der Waals surface area (Å²) < 4.78 is 0. The highest BCUT2D eigenvalue weighted by molar-refractivity contribution is 5.58. The van der Waals surface area contributed by atoms with Crippen LogP contribution in [-0.2, 0) is 6.42 Å². The lowest BCUT2D eigenvalue weighted by Crippen LogP contribution is -2.33. The summed E-state index contributed by atoms with van der Waals surface area (Å²) in [4.78, 5) is 2.50. The van der Waals surface area contributed by atoms with Gasteiger partial charge in [-0.15, -0.1) is 0 Å². The second-order valence-electron chi connectivity index (χ2n) is 5.08. The molecule has 3 N–H and O–H groups in total. The second-order valence-corrected chi connectivity index (χ2v) is 5.08. The summed E-state index contributed by atoms with van der Waals surface area (Å²) in [5.74, 6) is 0. The van der Waals surface area contributed by atoms with E-state index in [1.165, 1.54) is 32.4 Å². The summed E-state index contributed by atoms with van der Waals surface area (Å²) in [6, 6.07) is 7.97. The third-order valence-corrected chi connectivity index (χ3v) is 3.62. The molecule has 19 heavy (non-hydrogen) atoms. The zero-order valence-electron chi connectivity index (χ0n) is 11.4. The fourth-order valence-electron chi connectivity index (χ4n) is 2.50. The molecular weight excluding hydrogens is 236 g/mol. The Morgan fingerprint density at radius 2 is 2.05 bits per heavy atom. The fraction of sp³-hybridized carbons (Fsp3) is 0.533. The number of nitrogen functional groups attached to an aromatic ring is 1. The Labute approximate surface area is 115 Å². The molecule has 0 bridgehead atoms. The molecule has 1 saturated heterocycles. The molecule has 0 aliphatic carbocycles. The Hall–Kier alpha value is -1.73. The summed E-state index contributed by atoms with van der Waals surface area (Å²) >= 11 is 0. The van der Waals surface area contributed by atoms with E-state index in [1.807, 2.05) is 18.2 Å². The molecule has 0 atom stereocenters. The first-order valence-corrected chi connectivity index (χ1v) is 7.01. The molecule has 1 aromatic carbocycles. The summed E-state index contributed by atoms with van der Waals surface area (Å²) in [6.07, 6.45) is 4.40. The highest BCUT2D eigenvalue weighted by Gasteiger charge is 2.09. The van der Waals surface area contributed by atoms with Crippen LogP contribution in [0, 0.1) is 11.3 Å². The quantitative estimate of drug-likeness (QED) is 0.795. The van der Waals surface area contributed by atoms with Crippen molar-refractivity contribution in [3.63, 3.8) is 0 Å². The lowest BCUT2D eigenvalue weighted by atomic mass is 10.1. The molecule has 0 aromatic heterocycles. The van der Waals surface area contributed by atoms with Crippen LogP contribution < -0.4 is 11.1 Å². The van der Waals surface area contributed by atoms with Crippen LogP contribution in [0.5, 0.6) is 0 Å². The minimum Gasteiger partial charge on any atom is -0.398 e. The molecule has 0 spiro atoms. The van der Waals surface area contributed by atoms with Crippen molar-refractivity contribution in [1.82, 2.24) is 4.90 Å². The zero-order valence-corrected chi connectivity index (χ0v) is 11.4. The van der Waals surface area contributed by atoms with Gasteiger partial charge in [-0.1, -0.05) is 6.42 Å². The molecule has 102 valence electrons. The van der Waals surface area contributed by atoms with Crippen LogP contribution in [0.1, 0.15) is 24.8 Å². The minimum atomic E-state index is 0.369. The highest BCUT2D eigenvalue weighted by atomic mass is 15.1. The first kappa shape index (κ1) is 13.7. The van der Waals surface area contributed by atoms with Crippen LogP contribution in [-0.4, -0.2) is 31.1 Å². The number of anilines is 2. The Bertz CT molecular complexity index is 444. The number of nitrogens with zero attached hydrogens (tertiary/aromatic N) is 2. The van der Waals surface area contributed by atoms with Crippen LogP contribution in [0.15, 0.2) is 18.2 Å². The Balaban J connectivity index is 1.82. The summed E-state index contributed by atoms with van der Waals surface area (Å²) in [6.45, 7) is 4.47. The smallest absolute Gasteiger partial charge is 0.0670 e. The molecule has 4 heteroatoms. The van der Waals surface area contributed by atoms with E-state index in [1.54, 1.807) is 0 Å². The zero-order chi connectivity index (χ0) is 13.5. The number of nitrogens with one attached hydrogen (secondary N) is 1. The van der Waals surface area contributed by atoms with Gasteiger partial charge in [0.2, 0.25) is 0 Å². The maximum atomic E-state index is 8.75. The molecule has 1 fully saturated rings. The number of piperidine rings is 1. The lowest BCUT2D eigenvalue weighted by Gasteiger charge is -2.26. The van der Waals surface area contributed by atoms with Crippen molar-refractivity contribution >= 4 is 11.4 Å². The van der Waals surface area contributed by atoms with Crippen molar-refractivity contribution in [2.45, 2.75) is 25.7 Å². The third-order valence-electron chi connectivity index (χ3n) is 3.62. The van der Waals surface area contributed by atoms with Gasteiger partial charge in [-0.2, -0.15) is 5.26 Å². The predicted octanol–water partition coefficient (Wildman–Crippen LogP) is 2.23. The van der Waals surface area contributed by atoms with Gasteiger partial charge in [-0.25, -0.2) is 0 Å². The van der Waals surface area contributed by atoms with Gasteiger partial charge in [-0.3, -0.25) is 0 Å². The molecular formula is C15H22N4. The van der Waals surface area contributed by atoms with Crippen molar-refractivity contribution < 1.29 is 0 Å². The van der Waals surface area contributed by atoms with Crippen LogP contribution in [0.4, 0.5) is 11.4 Å². The van der Waals surface area contributed by atoms with E-state index in [-0.39, 0.29) is 0 Å². The molecule has 1 aromatic rings. The molecule has 4 nitrogen and oxygen atoms in total. The van der Waals surface area contributed by atoms with E-state index >= 15 is 0 Å². The third kappa shape index (κ3) is 4.15. The maximum absolute atomic E-state index is 8.75. The molecule has 1 heterocycles. The Morgan fingerprint density at radius 1 is 1.26 bits per heavy atom. The summed E-state index contributed by atoms with van der Waals surface area (Å²) in [7, 11) is 0. The van der Waals surface area contributed by atoms with Gasteiger partial charge in [0.05, 0.1) is 12.5 Å². The van der Waals surface area contributed by atoms with Gasteiger partial charge in [0.25, 0.3) is 0 Å². The fourth-order valence-corrected chi connectivity index (χ4v) is 2.50. The molecule has 0 radical (unpaired) electrons. The minimum absolute atomic E-state index is 0.369. The number of nitrogens with two attached hydrogens (primary N) is 1. The lowest BCUT2D eigenvalue weighted by molar-refractivity contribution is 0.237. The van der Waals surface area contributed by atoms with Crippen molar-refractivity contribution in [1.29, 1.82) is 5.26 Å². The van der Waals surface area contributed by atoms with E-state index in [9.17, 15) is 0 Å². The monoisotopic (exact) mass is 258 g/mol. The molecule has 0 unspecified atom stereocenters. The molecule has 0 amide bonds. The van der Waals surface area contributed by atoms with Crippen molar-refractivity contribution in [3.8, 4) is 6.07 Å². The molecule has 1 aliphatic heterocycles. The number of hydrogen-bond acceptors (Lipinski definition) is 4. The van der Waals surface area contributed by atoms with Crippen molar-refractivity contribution in [2.24, 2.45) is 0 Å². The predicted molar refractivity (Wildman–Crippen MR) is 79.0 cm³/mol. The largest absolute Gasteiger partial charge is 0.398 e. The molecule has 1 aliphatic rings. The number of hydrogen-bond donors (Lipinski definition) is 2. The van der Waals surface area contributed by atoms with E-state index in [0.29, 0.717) is 12.1 Å². The van der Waals surface area contributed by atoms with E-state index < -0.39 is 0 Å². The van der Waals surface area contributed by atoms with Gasteiger partial charge in [-0.05, 0) is 49.7 Å². The number of rotatable bonds is 5. The topological polar surface area (TPSA) is 65.1 Å². The number of nitriles is 1. The van der Waals surface area contributed by atoms with Crippen LogP contribution in [0.3, 0.4) is 0 Å². The number of benzene rings is 1. The average molecular weight is 258 g/mol. The Kier molecular flexibility index (Phi) is 5.05. The standard InChI is InChI=1S/C15H22N4/c16-7-6-13-12-14(4-5-15(13)17)18-8-11-19-9-2-1-3-10-19/h4-5,12,18H,1-3,6,8-11,17H2. The first-order valence-electron chi connectivity index (χ1n) is 7.01. The highest BCUT2D eigenvalue weighted by Crippen LogP contribution is 2.18. The maximum Gasteiger partial charge on any atom is 0.0670 e. The average Bonchev–Trinajstić information content (AvgIpc) is 2.44. The SMILES string of the molecule is N#CCc1cc(NCCN2CCCCC2)ccc1N. The van der Waals surface area contributed by atoms with Crippen LogP contribution in [0.25, 0.3) is 0 Å². The Morgan fingerprint density at radius 3 is 2.79 bits per heavy atom. The van der Waals surface area contributed by atoms with Crippen molar-refractivity contribution in [3.05, 3.63) is 23.8 Å². The van der Waals surface area contributed by atoms with Gasteiger partial charge in [0.1, 0.15) is 0 Å². The van der Waals surface area contributed by atoms with Gasteiger partial charge in [0, 0.05) is 24.5 Å². The van der Waals surface area contributed by atoms with Gasteiger partial charge < -0.3 is 16.0 Å².